The van der Waals surface area contributed by atoms with Crippen molar-refractivity contribution in [2.24, 2.45) is 5.10 Å². The van der Waals surface area contributed by atoms with Crippen LogP contribution in [0.5, 0.6) is 0 Å². The fourth-order valence-electron chi connectivity index (χ4n) is 1.01. The predicted octanol–water partition coefficient (Wildman–Crippen LogP) is 1.61. The van der Waals surface area contributed by atoms with Crippen molar-refractivity contribution in [3.05, 3.63) is 28.0 Å². The summed E-state index contributed by atoms with van der Waals surface area (Å²) in [6.07, 6.45) is 1.22. The van der Waals surface area contributed by atoms with E-state index < -0.39 is 4.92 Å². The molecule has 1 amide bonds. The number of nitro groups is 1. The molecular formula is C9H10ClN3O4. The lowest BCUT2D eigenvalue weighted by Gasteiger charge is -2.11. The van der Waals surface area contributed by atoms with Crippen molar-refractivity contribution in [2.75, 3.05) is 12.4 Å². The molecule has 0 unspecified atom stereocenters. The minimum absolute atomic E-state index is 0.192. The van der Waals surface area contributed by atoms with Gasteiger partial charge in [0.25, 0.3) is 0 Å². The number of halogens is 1. The van der Waals surface area contributed by atoms with Crippen molar-refractivity contribution in [1.82, 2.24) is 5.01 Å². The van der Waals surface area contributed by atoms with Crippen LogP contribution in [0.3, 0.4) is 0 Å². The molecule has 0 bridgehead atoms. The summed E-state index contributed by atoms with van der Waals surface area (Å²) in [5.41, 5.74) is 0. The molecule has 0 fully saturated rings. The topological polar surface area (TPSA) is 89.0 Å². The standard InChI is InChI=1S/C9H10ClN3O4/c1-7(14)12(5-4-10)11-6-8-2-3-9(17-8)13(15)16/h2-3,6H,4-5H2,1H3. The zero-order valence-electron chi connectivity index (χ0n) is 9.00. The highest BCUT2D eigenvalue weighted by Crippen LogP contribution is 2.13. The Kier molecular flexibility index (Phi) is 4.65. The van der Waals surface area contributed by atoms with Crippen molar-refractivity contribution in [1.29, 1.82) is 0 Å². The molecule has 1 aromatic heterocycles. The number of carbonyl (C=O) groups is 1. The molecule has 0 aliphatic carbocycles. The number of hydrazone groups is 1. The van der Waals surface area contributed by atoms with Crippen LogP contribution in [0.1, 0.15) is 12.7 Å². The first kappa shape index (κ1) is 13.2. The lowest BCUT2D eigenvalue weighted by Crippen LogP contribution is -2.25. The molecule has 0 aromatic carbocycles. The number of hydrogen-bond acceptors (Lipinski definition) is 5. The largest absolute Gasteiger partial charge is 0.433 e. The van der Waals surface area contributed by atoms with Crippen LogP contribution in [-0.4, -0.2) is 34.5 Å². The molecule has 0 aliphatic heterocycles. The van der Waals surface area contributed by atoms with E-state index in [9.17, 15) is 14.9 Å². The van der Waals surface area contributed by atoms with Crippen LogP contribution in [0.2, 0.25) is 0 Å². The number of alkyl halides is 1. The SMILES string of the molecule is CC(=O)N(CCCl)N=Cc1ccc([N+](=O)[O-])o1. The van der Waals surface area contributed by atoms with E-state index >= 15 is 0 Å². The van der Waals surface area contributed by atoms with Gasteiger partial charge in [0, 0.05) is 12.8 Å². The molecular weight excluding hydrogens is 250 g/mol. The second-order valence-corrected chi connectivity index (χ2v) is 3.39. The summed E-state index contributed by atoms with van der Waals surface area (Å²) in [4.78, 5) is 20.8. The first-order valence-corrected chi connectivity index (χ1v) is 5.20. The molecule has 17 heavy (non-hydrogen) atoms. The zero-order chi connectivity index (χ0) is 12.8. The summed E-state index contributed by atoms with van der Waals surface area (Å²) in [6, 6.07) is 2.60. The smallest absolute Gasteiger partial charge is 0.400 e. The Morgan fingerprint density at radius 2 is 2.41 bits per heavy atom. The van der Waals surface area contributed by atoms with Crippen LogP contribution >= 0.6 is 11.6 Å². The van der Waals surface area contributed by atoms with Gasteiger partial charge in [0.15, 0.2) is 5.76 Å². The first-order chi connectivity index (χ1) is 8.04. The quantitative estimate of drug-likeness (QED) is 0.348. The van der Waals surface area contributed by atoms with E-state index in [4.69, 9.17) is 16.0 Å². The monoisotopic (exact) mass is 259 g/mol. The highest BCUT2D eigenvalue weighted by molar-refractivity contribution is 6.18. The van der Waals surface area contributed by atoms with Crippen molar-refractivity contribution in [3.8, 4) is 0 Å². The summed E-state index contributed by atoms with van der Waals surface area (Å²) >= 11 is 5.49. The number of hydrogen-bond donors (Lipinski definition) is 0. The van der Waals surface area contributed by atoms with Gasteiger partial charge in [-0.1, -0.05) is 0 Å². The maximum atomic E-state index is 11.1. The summed E-state index contributed by atoms with van der Waals surface area (Å²) in [7, 11) is 0. The molecule has 0 aliphatic rings. The molecule has 0 saturated heterocycles. The Balaban J connectivity index is 2.73. The normalized spacial score (nSPS) is 10.7. The van der Waals surface area contributed by atoms with Gasteiger partial charge in [-0.05, 0) is 6.07 Å². The van der Waals surface area contributed by atoms with Gasteiger partial charge in [-0.25, -0.2) is 5.01 Å². The van der Waals surface area contributed by atoms with E-state index in [0.717, 1.165) is 5.01 Å². The Morgan fingerprint density at radius 3 is 2.88 bits per heavy atom. The van der Waals surface area contributed by atoms with E-state index in [-0.39, 0.29) is 30.0 Å². The van der Waals surface area contributed by atoms with Crippen molar-refractivity contribution in [2.45, 2.75) is 6.92 Å². The van der Waals surface area contributed by atoms with Crippen molar-refractivity contribution >= 4 is 29.6 Å². The van der Waals surface area contributed by atoms with Gasteiger partial charge in [0.05, 0.1) is 18.8 Å². The third-order valence-corrected chi connectivity index (χ3v) is 1.95. The van der Waals surface area contributed by atoms with E-state index in [1.165, 1.54) is 25.3 Å². The highest BCUT2D eigenvalue weighted by atomic mass is 35.5. The van der Waals surface area contributed by atoms with Gasteiger partial charge in [-0.15, -0.1) is 11.6 Å². The summed E-state index contributed by atoms with van der Waals surface area (Å²) in [6.45, 7) is 1.60. The minimum atomic E-state index is -0.654. The zero-order valence-corrected chi connectivity index (χ0v) is 9.75. The molecule has 1 heterocycles. The molecule has 0 radical (unpaired) electrons. The van der Waals surface area contributed by atoms with Crippen LogP contribution < -0.4 is 0 Å². The number of amides is 1. The average molecular weight is 260 g/mol. The van der Waals surface area contributed by atoms with Gasteiger partial charge in [-0.3, -0.25) is 14.9 Å². The van der Waals surface area contributed by atoms with Crippen LogP contribution in [0.15, 0.2) is 21.7 Å². The molecule has 0 atom stereocenters. The Morgan fingerprint density at radius 1 is 1.71 bits per heavy atom. The van der Waals surface area contributed by atoms with Crippen molar-refractivity contribution < 1.29 is 14.1 Å². The lowest BCUT2D eigenvalue weighted by atomic mass is 10.5. The van der Waals surface area contributed by atoms with Crippen molar-refractivity contribution in [3.63, 3.8) is 0 Å². The Hall–Kier alpha value is -1.89. The second kappa shape index (κ2) is 6.00. The highest BCUT2D eigenvalue weighted by Gasteiger charge is 2.11. The molecule has 0 saturated carbocycles. The molecule has 0 spiro atoms. The van der Waals surface area contributed by atoms with E-state index in [1.54, 1.807) is 0 Å². The van der Waals surface area contributed by atoms with Gasteiger partial charge in [0.1, 0.15) is 4.92 Å². The Labute approximate surface area is 102 Å². The Bertz CT molecular complexity index is 443. The maximum absolute atomic E-state index is 11.1. The average Bonchev–Trinajstić information content (AvgIpc) is 2.72. The van der Waals surface area contributed by atoms with E-state index in [0.29, 0.717) is 0 Å². The predicted molar refractivity (Wildman–Crippen MR) is 61.1 cm³/mol. The summed E-state index contributed by atoms with van der Waals surface area (Å²) in [5, 5.41) is 15.3. The van der Waals surface area contributed by atoms with Gasteiger partial charge in [0.2, 0.25) is 5.91 Å². The molecule has 1 rings (SSSR count). The van der Waals surface area contributed by atoms with Crippen LogP contribution in [-0.2, 0) is 4.79 Å². The first-order valence-electron chi connectivity index (χ1n) is 4.67. The number of carbonyl (C=O) groups excluding carboxylic acids is 1. The minimum Gasteiger partial charge on any atom is -0.400 e. The summed E-state index contributed by atoms with van der Waals surface area (Å²) < 4.78 is 4.83. The van der Waals surface area contributed by atoms with E-state index in [1.807, 2.05) is 0 Å². The molecule has 92 valence electrons. The molecule has 8 heteroatoms. The molecule has 1 aromatic rings. The van der Waals surface area contributed by atoms with Crippen LogP contribution in [0.4, 0.5) is 5.88 Å². The molecule has 0 N–H and O–H groups in total. The lowest BCUT2D eigenvalue weighted by molar-refractivity contribution is -0.402. The fourth-order valence-corrected chi connectivity index (χ4v) is 1.17. The number of rotatable bonds is 5. The van der Waals surface area contributed by atoms with Crippen LogP contribution in [0, 0.1) is 10.1 Å². The third kappa shape index (κ3) is 3.87. The number of furan rings is 1. The molecule has 7 nitrogen and oxygen atoms in total. The van der Waals surface area contributed by atoms with E-state index in [2.05, 4.69) is 5.10 Å². The number of nitrogens with zero attached hydrogens (tertiary/aromatic N) is 3. The second-order valence-electron chi connectivity index (χ2n) is 3.01. The third-order valence-electron chi connectivity index (χ3n) is 1.78. The van der Waals surface area contributed by atoms with Gasteiger partial charge < -0.3 is 4.42 Å². The van der Waals surface area contributed by atoms with Crippen LogP contribution in [0.25, 0.3) is 0 Å². The summed E-state index contributed by atoms with van der Waals surface area (Å²) in [5.74, 6) is -0.214. The van der Waals surface area contributed by atoms with Gasteiger partial charge in [-0.2, -0.15) is 5.10 Å². The fraction of sp³-hybridized carbons (Fsp3) is 0.333. The maximum Gasteiger partial charge on any atom is 0.433 e. The van der Waals surface area contributed by atoms with Gasteiger partial charge >= 0.3 is 5.88 Å².